The van der Waals surface area contributed by atoms with Crippen LogP contribution < -0.4 is 9.80 Å². The van der Waals surface area contributed by atoms with E-state index in [1.165, 1.54) is 24.1 Å². The van der Waals surface area contributed by atoms with Crippen LogP contribution in [-0.2, 0) is 9.59 Å². The first-order chi connectivity index (χ1) is 12.4. The lowest BCUT2D eigenvalue weighted by molar-refractivity contribution is -0.126. The Morgan fingerprint density at radius 3 is 2.23 bits per heavy atom. The molecule has 0 aliphatic rings. The summed E-state index contributed by atoms with van der Waals surface area (Å²) in [6.45, 7) is 2.23. The summed E-state index contributed by atoms with van der Waals surface area (Å²) in [5.74, 6) is -2.13. The quantitative estimate of drug-likeness (QED) is 0.785. The monoisotopic (exact) mass is 374 g/mol. The number of hydrogen-bond acceptors (Lipinski definition) is 3. The van der Waals surface area contributed by atoms with E-state index in [0.29, 0.717) is 12.2 Å². The second kappa shape index (κ2) is 8.49. The summed E-state index contributed by atoms with van der Waals surface area (Å²) >= 11 is 5.94. The highest BCUT2D eigenvalue weighted by Crippen LogP contribution is 2.27. The molecule has 0 aliphatic heterocycles. The number of para-hydroxylation sites is 1. The zero-order valence-corrected chi connectivity index (χ0v) is 15.2. The van der Waals surface area contributed by atoms with Gasteiger partial charge in [0.2, 0.25) is 11.8 Å². The summed E-state index contributed by atoms with van der Waals surface area (Å²) in [7, 11) is 1.42. The molecule has 1 N–H and O–H groups in total. The minimum atomic E-state index is -1.24. The van der Waals surface area contributed by atoms with E-state index in [1.807, 2.05) is 25.1 Å². The van der Waals surface area contributed by atoms with Crippen molar-refractivity contribution in [2.75, 3.05) is 23.4 Å². The summed E-state index contributed by atoms with van der Waals surface area (Å²) in [5.41, 5.74) is 0.669. The number of carbonyl (C=O) groups excluding carboxylic acids is 2. The molecule has 26 heavy (non-hydrogen) atoms. The van der Waals surface area contributed by atoms with Crippen LogP contribution in [0.25, 0.3) is 0 Å². The molecule has 0 saturated carbocycles. The maximum Gasteiger partial charge on any atom is 0.339 e. The van der Waals surface area contributed by atoms with Crippen molar-refractivity contribution in [3.8, 4) is 0 Å². The van der Waals surface area contributed by atoms with Crippen LogP contribution in [0.3, 0.4) is 0 Å². The van der Waals surface area contributed by atoms with E-state index in [0.717, 1.165) is 4.90 Å². The SMILES string of the molecule is CCN(C(=O)CC(=O)N(C)c1cccc(Cl)c1C(=O)O)c1ccccc1. The zero-order chi connectivity index (χ0) is 19.3. The summed E-state index contributed by atoms with van der Waals surface area (Å²) in [6, 6.07) is 13.5. The fourth-order valence-electron chi connectivity index (χ4n) is 2.59. The number of carboxylic acid groups (broad SMARTS) is 1. The predicted molar refractivity (Wildman–Crippen MR) is 101 cm³/mol. The second-order valence-electron chi connectivity index (χ2n) is 5.54. The molecule has 2 aromatic rings. The van der Waals surface area contributed by atoms with E-state index < -0.39 is 11.9 Å². The van der Waals surface area contributed by atoms with E-state index in [4.69, 9.17) is 11.6 Å². The lowest BCUT2D eigenvalue weighted by atomic mass is 10.1. The van der Waals surface area contributed by atoms with Crippen molar-refractivity contribution in [3.05, 3.63) is 59.1 Å². The van der Waals surface area contributed by atoms with Crippen LogP contribution in [0.4, 0.5) is 11.4 Å². The van der Waals surface area contributed by atoms with Gasteiger partial charge in [-0.25, -0.2) is 4.79 Å². The number of halogens is 1. The number of rotatable bonds is 6. The number of hydrogen-bond donors (Lipinski definition) is 1. The highest BCUT2D eigenvalue weighted by molar-refractivity contribution is 6.34. The van der Waals surface area contributed by atoms with E-state index in [-0.39, 0.29) is 28.6 Å². The first-order valence-electron chi connectivity index (χ1n) is 8.00. The smallest absolute Gasteiger partial charge is 0.339 e. The van der Waals surface area contributed by atoms with Gasteiger partial charge in [0.15, 0.2) is 0 Å². The van der Waals surface area contributed by atoms with Crippen molar-refractivity contribution in [2.45, 2.75) is 13.3 Å². The first-order valence-corrected chi connectivity index (χ1v) is 8.38. The van der Waals surface area contributed by atoms with E-state index in [1.54, 1.807) is 18.2 Å². The van der Waals surface area contributed by atoms with Crippen LogP contribution in [0.1, 0.15) is 23.7 Å². The van der Waals surface area contributed by atoms with Crippen LogP contribution in [0, 0.1) is 0 Å². The topological polar surface area (TPSA) is 77.9 Å². The van der Waals surface area contributed by atoms with Gasteiger partial charge in [-0.05, 0) is 31.2 Å². The summed E-state index contributed by atoms with van der Waals surface area (Å²) in [6.07, 6.45) is -0.384. The molecule has 0 saturated heterocycles. The molecule has 0 spiro atoms. The van der Waals surface area contributed by atoms with E-state index >= 15 is 0 Å². The maximum atomic E-state index is 12.5. The second-order valence-corrected chi connectivity index (χ2v) is 5.95. The molecule has 136 valence electrons. The molecule has 2 aromatic carbocycles. The van der Waals surface area contributed by atoms with Gasteiger partial charge in [-0.15, -0.1) is 0 Å². The van der Waals surface area contributed by atoms with Crippen molar-refractivity contribution in [1.29, 1.82) is 0 Å². The third-order valence-corrected chi connectivity index (χ3v) is 4.24. The van der Waals surface area contributed by atoms with Gasteiger partial charge in [0.25, 0.3) is 0 Å². The fourth-order valence-corrected chi connectivity index (χ4v) is 2.84. The number of amides is 2. The van der Waals surface area contributed by atoms with Crippen LogP contribution in [0.5, 0.6) is 0 Å². The largest absolute Gasteiger partial charge is 0.478 e. The third-order valence-electron chi connectivity index (χ3n) is 3.93. The highest BCUT2D eigenvalue weighted by Gasteiger charge is 2.24. The first kappa shape index (κ1) is 19.5. The van der Waals surface area contributed by atoms with Gasteiger partial charge in [-0.1, -0.05) is 35.9 Å². The molecule has 7 heteroatoms. The molecule has 0 unspecified atom stereocenters. The predicted octanol–water partition coefficient (Wildman–Crippen LogP) is 3.44. The Labute approximate surface area is 156 Å². The maximum absolute atomic E-state index is 12.5. The molecule has 0 aliphatic carbocycles. The van der Waals surface area contributed by atoms with Crippen LogP contribution >= 0.6 is 11.6 Å². The van der Waals surface area contributed by atoms with Gasteiger partial charge < -0.3 is 14.9 Å². The number of carbonyl (C=O) groups is 3. The number of anilines is 2. The molecular formula is C19H19ClN2O4. The number of carboxylic acids is 1. The molecule has 2 rings (SSSR count). The molecule has 6 nitrogen and oxygen atoms in total. The number of aromatic carboxylic acids is 1. The summed E-state index contributed by atoms with van der Waals surface area (Å²) in [5, 5.41) is 9.36. The molecule has 0 fully saturated rings. The van der Waals surface area contributed by atoms with Crippen molar-refractivity contribution in [3.63, 3.8) is 0 Å². The van der Waals surface area contributed by atoms with E-state index in [2.05, 4.69) is 0 Å². The van der Waals surface area contributed by atoms with Crippen molar-refractivity contribution >= 4 is 40.8 Å². The Balaban J connectivity index is 2.21. The van der Waals surface area contributed by atoms with Crippen molar-refractivity contribution in [1.82, 2.24) is 0 Å². The summed E-state index contributed by atoms with van der Waals surface area (Å²) in [4.78, 5) is 39.2. The minimum Gasteiger partial charge on any atom is -0.478 e. The van der Waals surface area contributed by atoms with Gasteiger partial charge >= 0.3 is 5.97 Å². The Bertz CT molecular complexity index is 824. The number of benzene rings is 2. The van der Waals surface area contributed by atoms with Crippen molar-refractivity contribution in [2.24, 2.45) is 0 Å². The Hall–Kier alpha value is -2.86. The van der Waals surface area contributed by atoms with Gasteiger partial charge in [0.1, 0.15) is 12.0 Å². The van der Waals surface area contributed by atoms with Gasteiger partial charge in [-0.2, -0.15) is 0 Å². The third kappa shape index (κ3) is 4.21. The lowest BCUT2D eigenvalue weighted by Crippen LogP contribution is -2.37. The van der Waals surface area contributed by atoms with Crippen LogP contribution in [0.15, 0.2) is 48.5 Å². The van der Waals surface area contributed by atoms with Crippen LogP contribution in [0.2, 0.25) is 5.02 Å². The highest BCUT2D eigenvalue weighted by atomic mass is 35.5. The Morgan fingerprint density at radius 1 is 1.00 bits per heavy atom. The van der Waals surface area contributed by atoms with Crippen LogP contribution in [-0.4, -0.2) is 36.5 Å². The van der Waals surface area contributed by atoms with Gasteiger partial charge in [0.05, 0.1) is 10.7 Å². The standard InChI is InChI=1S/C19H19ClN2O4/c1-3-22(13-8-5-4-6-9-13)17(24)12-16(23)21(2)15-11-7-10-14(20)18(15)19(25)26/h4-11H,3,12H2,1-2H3,(H,25,26). The Morgan fingerprint density at radius 2 is 1.65 bits per heavy atom. The zero-order valence-electron chi connectivity index (χ0n) is 14.5. The average molecular weight is 375 g/mol. The fraction of sp³-hybridized carbons (Fsp3) is 0.211. The average Bonchev–Trinajstić information content (AvgIpc) is 2.62. The molecule has 0 aromatic heterocycles. The Kier molecular flexibility index (Phi) is 6.36. The molecule has 0 atom stereocenters. The molecular weight excluding hydrogens is 356 g/mol. The molecule has 0 bridgehead atoms. The molecule has 0 heterocycles. The minimum absolute atomic E-state index is 0.0282. The van der Waals surface area contributed by atoms with Gasteiger partial charge in [-0.3, -0.25) is 9.59 Å². The normalized spacial score (nSPS) is 10.3. The summed E-state index contributed by atoms with van der Waals surface area (Å²) < 4.78 is 0. The number of nitrogens with zero attached hydrogens (tertiary/aromatic N) is 2. The van der Waals surface area contributed by atoms with Gasteiger partial charge in [0, 0.05) is 19.3 Å². The van der Waals surface area contributed by atoms with Crippen molar-refractivity contribution < 1.29 is 19.5 Å². The molecule has 2 amide bonds. The lowest BCUT2D eigenvalue weighted by Gasteiger charge is -2.23. The van der Waals surface area contributed by atoms with E-state index in [9.17, 15) is 19.5 Å². The molecule has 0 radical (unpaired) electrons.